The highest BCUT2D eigenvalue weighted by molar-refractivity contribution is 7.96. The lowest BCUT2D eigenvalue weighted by Gasteiger charge is -2.36. The summed E-state index contributed by atoms with van der Waals surface area (Å²) in [6.07, 6.45) is 1.62. The van der Waals surface area contributed by atoms with E-state index in [1.54, 1.807) is 4.90 Å². The second-order valence-corrected chi connectivity index (χ2v) is 5.51. The van der Waals surface area contributed by atoms with E-state index < -0.39 is 0 Å². The van der Waals surface area contributed by atoms with Crippen molar-refractivity contribution >= 4 is 23.8 Å². The quantitative estimate of drug-likeness (QED) is 0.788. The Morgan fingerprint density at radius 1 is 1.24 bits per heavy atom. The molecule has 0 bridgehead atoms. The summed E-state index contributed by atoms with van der Waals surface area (Å²) in [5, 5.41) is -0.205. The minimum atomic E-state index is -0.342. The SMILES string of the molecule is CC(C)N(C(=O)N1CCC[C@H]1C(=O)S)C(C)C. The van der Waals surface area contributed by atoms with E-state index in [-0.39, 0.29) is 29.3 Å². The first kappa shape index (κ1) is 14.4. The number of carbonyl (C=O) groups excluding carboxylic acids is 2. The number of rotatable bonds is 3. The topological polar surface area (TPSA) is 40.6 Å². The average molecular weight is 258 g/mol. The molecule has 5 heteroatoms. The molecule has 0 N–H and O–H groups in total. The van der Waals surface area contributed by atoms with Crippen LogP contribution in [0.4, 0.5) is 4.79 Å². The molecule has 98 valence electrons. The highest BCUT2D eigenvalue weighted by Gasteiger charge is 2.36. The molecule has 0 aromatic heterocycles. The first-order valence-electron chi connectivity index (χ1n) is 6.18. The van der Waals surface area contributed by atoms with Crippen LogP contribution in [0.2, 0.25) is 0 Å². The number of hydrogen-bond donors (Lipinski definition) is 1. The molecule has 1 fully saturated rings. The Morgan fingerprint density at radius 2 is 1.76 bits per heavy atom. The standard InChI is InChI=1S/C12H22N2O2S/c1-8(2)14(9(3)4)12(16)13-7-5-6-10(13)11(15)17/h8-10H,5-7H2,1-4H3,(H,15,17)/t10-/m0/s1. The normalized spacial score (nSPS) is 20.2. The van der Waals surface area contributed by atoms with Gasteiger partial charge in [0.15, 0.2) is 0 Å². The van der Waals surface area contributed by atoms with Crippen LogP contribution in [0, 0.1) is 0 Å². The minimum Gasteiger partial charge on any atom is -0.320 e. The van der Waals surface area contributed by atoms with Crippen molar-refractivity contribution in [1.29, 1.82) is 0 Å². The zero-order valence-corrected chi connectivity index (χ0v) is 11.9. The van der Waals surface area contributed by atoms with E-state index in [4.69, 9.17) is 0 Å². The molecular formula is C12H22N2O2S. The van der Waals surface area contributed by atoms with Gasteiger partial charge in [0.05, 0.1) is 0 Å². The number of amides is 2. The smallest absolute Gasteiger partial charge is 0.320 e. The van der Waals surface area contributed by atoms with Crippen LogP contribution in [0.25, 0.3) is 0 Å². The summed E-state index contributed by atoms with van der Waals surface area (Å²) in [6.45, 7) is 8.62. The van der Waals surface area contributed by atoms with Crippen LogP contribution in [0.5, 0.6) is 0 Å². The molecule has 1 atom stereocenters. The summed E-state index contributed by atoms with van der Waals surface area (Å²) in [5.41, 5.74) is 0. The number of thiol groups is 1. The molecule has 1 saturated heterocycles. The van der Waals surface area contributed by atoms with Gasteiger partial charge in [0.25, 0.3) is 0 Å². The van der Waals surface area contributed by atoms with Crippen molar-refractivity contribution in [2.45, 2.75) is 58.7 Å². The highest BCUT2D eigenvalue weighted by Crippen LogP contribution is 2.22. The van der Waals surface area contributed by atoms with Crippen LogP contribution in [0.3, 0.4) is 0 Å². The zero-order chi connectivity index (χ0) is 13.2. The van der Waals surface area contributed by atoms with Crippen molar-refractivity contribution in [2.75, 3.05) is 6.54 Å². The fourth-order valence-corrected chi connectivity index (χ4v) is 2.71. The van der Waals surface area contributed by atoms with Crippen molar-refractivity contribution in [3.8, 4) is 0 Å². The van der Waals surface area contributed by atoms with Gasteiger partial charge in [0.2, 0.25) is 5.12 Å². The van der Waals surface area contributed by atoms with Crippen molar-refractivity contribution < 1.29 is 9.59 Å². The van der Waals surface area contributed by atoms with Gasteiger partial charge in [-0.1, -0.05) is 0 Å². The van der Waals surface area contributed by atoms with Gasteiger partial charge in [0, 0.05) is 18.6 Å². The first-order chi connectivity index (χ1) is 7.86. The maximum Gasteiger partial charge on any atom is 0.321 e. The molecule has 1 rings (SSSR count). The fraction of sp³-hybridized carbons (Fsp3) is 0.833. The summed E-state index contributed by atoms with van der Waals surface area (Å²) in [5.74, 6) is 0. The van der Waals surface area contributed by atoms with Crippen molar-refractivity contribution in [2.24, 2.45) is 0 Å². The van der Waals surface area contributed by atoms with Gasteiger partial charge in [0.1, 0.15) is 6.04 Å². The maximum absolute atomic E-state index is 12.4. The van der Waals surface area contributed by atoms with Gasteiger partial charge in [-0.25, -0.2) is 4.79 Å². The Bertz CT molecular complexity index is 297. The van der Waals surface area contributed by atoms with E-state index in [0.29, 0.717) is 6.54 Å². The number of nitrogens with zero attached hydrogens (tertiary/aromatic N) is 2. The molecule has 0 saturated carbocycles. The molecule has 0 radical (unpaired) electrons. The molecule has 0 unspecified atom stereocenters. The molecule has 1 heterocycles. The predicted octanol–water partition coefficient (Wildman–Crippen LogP) is 2.15. The fourth-order valence-electron chi connectivity index (χ4n) is 2.44. The first-order valence-corrected chi connectivity index (χ1v) is 6.62. The molecule has 0 aromatic rings. The van der Waals surface area contributed by atoms with E-state index in [0.717, 1.165) is 12.8 Å². The van der Waals surface area contributed by atoms with Gasteiger partial charge in [-0.05, 0) is 40.5 Å². The molecular weight excluding hydrogens is 236 g/mol. The average Bonchev–Trinajstić information content (AvgIpc) is 2.63. The number of hydrogen-bond acceptors (Lipinski definition) is 2. The Kier molecular flexibility index (Phi) is 4.86. The summed E-state index contributed by atoms with van der Waals surface area (Å²) >= 11 is 3.87. The van der Waals surface area contributed by atoms with Crippen LogP contribution in [0.15, 0.2) is 0 Å². The maximum atomic E-state index is 12.4. The Morgan fingerprint density at radius 3 is 2.18 bits per heavy atom. The van der Waals surface area contributed by atoms with Crippen LogP contribution in [-0.2, 0) is 4.79 Å². The van der Waals surface area contributed by atoms with E-state index >= 15 is 0 Å². The van der Waals surface area contributed by atoms with Gasteiger partial charge in [-0.15, -0.1) is 12.6 Å². The molecule has 2 amide bonds. The van der Waals surface area contributed by atoms with Gasteiger partial charge in [-0.3, -0.25) is 4.79 Å². The largest absolute Gasteiger partial charge is 0.321 e. The molecule has 4 nitrogen and oxygen atoms in total. The monoisotopic (exact) mass is 258 g/mol. The van der Waals surface area contributed by atoms with E-state index in [1.807, 2.05) is 32.6 Å². The summed E-state index contributed by atoms with van der Waals surface area (Å²) in [4.78, 5) is 27.3. The third-order valence-electron chi connectivity index (χ3n) is 3.12. The second kappa shape index (κ2) is 5.76. The lowest BCUT2D eigenvalue weighted by Crippen LogP contribution is -2.52. The number of carbonyl (C=O) groups is 2. The zero-order valence-electron chi connectivity index (χ0n) is 11.0. The lowest BCUT2D eigenvalue weighted by molar-refractivity contribution is -0.114. The third kappa shape index (κ3) is 3.15. The second-order valence-electron chi connectivity index (χ2n) is 5.07. The van der Waals surface area contributed by atoms with Crippen LogP contribution in [-0.4, -0.2) is 45.6 Å². The predicted molar refractivity (Wildman–Crippen MR) is 71.2 cm³/mol. The minimum absolute atomic E-state index is 0.0418. The summed E-state index contributed by atoms with van der Waals surface area (Å²) < 4.78 is 0. The molecule has 0 aliphatic carbocycles. The van der Waals surface area contributed by atoms with E-state index in [2.05, 4.69) is 12.6 Å². The lowest BCUT2D eigenvalue weighted by atomic mass is 10.2. The van der Waals surface area contributed by atoms with Crippen LogP contribution >= 0.6 is 12.6 Å². The summed E-state index contributed by atoms with van der Waals surface area (Å²) in [6, 6.07) is -0.108. The summed E-state index contributed by atoms with van der Waals surface area (Å²) in [7, 11) is 0. The van der Waals surface area contributed by atoms with E-state index in [9.17, 15) is 9.59 Å². The van der Waals surface area contributed by atoms with Gasteiger partial charge in [-0.2, -0.15) is 0 Å². The van der Waals surface area contributed by atoms with Gasteiger partial charge >= 0.3 is 6.03 Å². The van der Waals surface area contributed by atoms with Crippen LogP contribution in [0.1, 0.15) is 40.5 Å². The van der Waals surface area contributed by atoms with Crippen LogP contribution < -0.4 is 0 Å². The molecule has 1 aliphatic heterocycles. The van der Waals surface area contributed by atoms with Gasteiger partial charge < -0.3 is 9.80 Å². The molecule has 0 spiro atoms. The Hall–Kier alpha value is -0.710. The highest BCUT2D eigenvalue weighted by atomic mass is 32.1. The van der Waals surface area contributed by atoms with Crippen molar-refractivity contribution in [3.63, 3.8) is 0 Å². The molecule has 1 aliphatic rings. The number of urea groups is 1. The molecule has 17 heavy (non-hydrogen) atoms. The van der Waals surface area contributed by atoms with Crippen molar-refractivity contribution in [3.05, 3.63) is 0 Å². The number of likely N-dealkylation sites (tertiary alicyclic amines) is 1. The Labute approximate surface area is 109 Å². The molecule has 0 aromatic carbocycles. The van der Waals surface area contributed by atoms with E-state index in [1.165, 1.54) is 0 Å². The van der Waals surface area contributed by atoms with Crippen molar-refractivity contribution in [1.82, 2.24) is 9.80 Å². The third-order valence-corrected chi connectivity index (χ3v) is 3.42. The Balaban J connectivity index is 2.83.